The molecule has 1 heterocycles. The van der Waals surface area contributed by atoms with Crippen molar-refractivity contribution in [2.45, 2.75) is 31.2 Å². The van der Waals surface area contributed by atoms with E-state index >= 15 is 0 Å². The van der Waals surface area contributed by atoms with Gasteiger partial charge in [-0.05, 0) is 35.3 Å². The molecular formula is C10H14BrClN2O2S. The molecule has 1 aromatic heterocycles. The normalized spacial score (nSPS) is 14.0. The Hall–Kier alpha value is -0.170. The van der Waals surface area contributed by atoms with E-state index in [0.717, 1.165) is 6.42 Å². The maximum Gasteiger partial charge on any atom is 0.246 e. The quantitative estimate of drug-likeness (QED) is 0.791. The summed E-state index contributed by atoms with van der Waals surface area (Å²) >= 11 is 9.02. The van der Waals surface area contributed by atoms with Gasteiger partial charge in [0.2, 0.25) is 10.0 Å². The number of aromatic nitrogens is 1. The third-order valence-corrected chi connectivity index (χ3v) is 5.47. The van der Waals surface area contributed by atoms with E-state index < -0.39 is 10.0 Å². The first kappa shape index (κ1) is 14.9. The summed E-state index contributed by atoms with van der Waals surface area (Å²) in [5.74, 6) is 0. The molecule has 96 valence electrons. The molecule has 0 aliphatic heterocycles. The third kappa shape index (κ3) is 3.19. The molecule has 0 aliphatic rings. The summed E-state index contributed by atoms with van der Waals surface area (Å²) in [6.45, 7) is 3.77. The molecule has 0 aliphatic carbocycles. The van der Waals surface area contributed by atoms with E-state index in [2.05, 4.69) is 20.9 Å². The van der Waals surface area contributed by atoms with Gasteiger partial charge in [0.1, 0.15) is 10.0 Å². The largest absolute Gasteiger partial charge is 0.246 e. The molecule has 0 N–H and O–H groups in total. The lowest BCUT2D eigenvalue weighted by Gasteiger charge is -2.23. The third-order valence-electron chi connectivity index (χ3n) is 2.64. The Bertz CT molecular complexity index is 507. The van der Waals surface area contributed by atoms with Crippen molar-refractivity contribution < 1.29 is 8.42 Å². The molecule has 0 radical (unpaired) electrons. The molecule has 1 atom stereocenters. The SMILES string of the molecule is CCC(C)N(C)S(=O)(=O)c1cc(Br)cnc1Cl. The van der Waals surface area contributed by atoms with Crippen LogP contribution in [0.4, 0.5) is 0 Å². The second kappa shape index (κ2) is 5.65. The van der Waals surface area contributed by atoms with Gasteiger partial charge in [-0.2, -0.15) is 4.31 Å². The van der Waals surface area contributed by atoms with Crippen LogP contribution in [0.3, 0.4) is 0 Å². The predicted octanol–water partition coefficient (Wildman–Crippen LogP) is 2.92. The highest BCUT2D eigenvalue weighted by atomic mass is 79.9. The van der Waals surface area contributed by atoms with E-state index in [0.29, 0.717) is 4.47 Å². The number of pyridine rings is 1. The van der Waals surface area contributed by atoms with Gasteiger partial charge in [0.15, 0.2) is 0 Å². The molecule has 1 unspecified atom stereocenters. The van der Waals surface area contributed by atoms with Gasteiger partial charge in [-0.25, -0.2) is 13.4 Å². The van der Waals surface area contributed by atoms with Gasteiger partial charge in [-0.1, -0.05) is 18.5 Å². The summed E-state index contributed by atoms with van der Waals surface area (Å²) < 4.78 is 26.5. The van der Waals surface area contributed by atoms with Crippen LogP contribution < -0.4 is 0 Å². The van der Waals surface area contributed by atoms with Crippen molar-refractivity contribution >= 4 is 37.6 Å². The van der Waals surface area contributed by atoms with Crippen molar-refractivity contribution in [3.05, 3.63) is 21.9 Å². The molecule has 0 aromatic carbocycles. The van der Waals surface area contributed by atoms with Gasteiger partial charge in [-0.3, -0.25) is 0 Å². The fourth-order valence-corrected chi connectivity index (χ4v) is 3.59. The lowest BCUT2D eigenvalue weighted by atomic mass is 10.3. The molecule has 0 saturated heterocycles. The molecule has 0 amide bonds. The van der Waals surface area contributed by atoms with Crippen molar-refractivity contribution in [1.82, 2.24) is 9.29 Å². The summed E-state index contributed by atoms with van der Waals surface area (Å²) in [6, 6.07) is 1.37. The Morgan fingerprint density at radius 2 is 2.18 bits per heavy atom. The van der Waals surface area contributed by atoms with Crippen LogP contribution in [0.1, 0.15) is 20.3 Å². The highest BCUT2D eigenvalue weighted by molar-refractivity contribution is 9.10. The van der Waals surface area contributed by atoms with Crippen LogP contribution in [0, 0.1) is 0 Å². The van der Waals surface area contributed by atoms with Crippen molar-refractivity contribution in [2.24, 2.45) is 0 Å². The molecule has 1 aromatic rings. The number of hydrogen-bond acceptors (Lipinski definition) is 3. The maximum absolute atomic E-state index is 12.3. The van der Waals surface area contributed by atoms with E-state index in [1.54, 1.807) is 7.05 Å². The summed E-state index contributed by atoms with van der Waals surface area (Å²) in [4.78, 5) is 3.85. The first-order valence-electron chi connectivity index (χ1n) is 5.09. The molecule has 1 rings (SSSR count). The van der Waals surface area contributed by atoms with Crippen LogP contribution in [-0.2, 0) is 10.0 Å². The molecule has 0 saturated carbocycles. The van der Waals surface area contributed by atoms with Gasteiger partial charge < -0.3 is 0 Å². The van der Waals surface area contributed by atoms with Crippen LogP contribution in [0.15, 0.2) is 21.6 Å². The van der Waals surface area contributed by atoms with Gasteiger partial charge >= 0.3 is 0 Å². The predicted molar refractivity (Wildman–Crippen MR) is 71.6 cm³/mol. The zero-order valence-corrected chi connectivity index (χ0v) is 13.0. The molecule has 0 bridgehead atoms. The Morgan fingerprint density at radius 3 is 2.71 bits per heavy atom. The van der Waals surface area contributed by atoms with Gasteiger partial charge in [0.25, 0.3) is 0 Å². The number of nitrogens with zero attached hydrogens (tertiary/aromatic N) is 2. The van der Waals surface area contributed by atoms with Crippen LogP contribution in [-0.4, -0.2) is 30.8 Å². The van der Waals surface area contributed by atoms with Gasteiger partial charge in [0, 0.05) is 23.8 Å². The molecule has 4 nitrogen and oxygen atoms in total. The number of halogens is 2. The zero-order chi connectivity index (χ0) is 13.2. The van der Waals surface area contributed by atoms with E-state index in [1.807, 2.05) is 13.8 Å². The van der Waals surface area contributed by atoms with E-state index in [-0.39, 0.29) is 16.1 Å². The smallest absolute Gasteiger partial charge is 0.242 e. The highest BCUT2D eigenvalue weighted by Gasteiger charge is 2.27. The average Bonchev–Trinajstić information content (AvgIpc) is 2.30. The van der Waals surface area contributed by atoms with Crippen LogP contribution in [0.25, 0.3) is 0 Å². The number of hydrogen-bond donors (Lipinski definition) is 0. The van der Waals surface area contributed by atoms with Crippen molar-refractivity contribution in [2.75, 3.05) is 7.05 Å². The summed E-state index contributed by atoms with van der Waals surface area (Å²) in [5.41, 5.74) is 0. The van der Waals surface area contributed by atoms with Crippen LogP contribution >= 0.6 is 27.5 Å². The minimum atomic E-state index is -3.59. The maximum atomic E-state index is 12.3. The minimum absolute atomic E-state index is 0.0108. The van der Waals surface area contributed by atoms with E-state index in [1.165, 1.54) is 16.6 Å². The first-order chi connectivity index (χ1) is 7.80. The Morgan fingerprint density at radius 1 is 1.59 bits per heavy atom. The van der Waals surface area contributed by atoms with Gasteiger partial charge in [0.05, 0.1) is 0 Å². The van der Waals surface area contributed by atoms with Crippen LogP contribution in [0.2, 0.25) is 5.15 Å². The minimum Gasteiger partial charge on any atom is -0.242 e. The number of rotatable bonds is 4. The monoisotopic (exact) mass is 340 g/mol. The second-order valence-corrected chi connectivity index (χ2v) is 6.96. The number of sulfonamides is 1. The molecule has 17 heavy (non-hydrogen) atoms. The summed E-state index contributed by atoms with van der Waals surface area (Å²) in [7, 11) is -2.05. The summed E-state index contributed by atoms with van der Waals surface area (Å²) in [6.07, 6.45) is 2.19. The van der Waals surface area contributed by atoms with Gasteiger partial charge in [-0.15, -0.1) is 0 Å². The lowest BCUT2D eigenvalue weighted by molar-refractivity contribution is 0.380. The standard InChI is InChI=1S/C10H14BrClN2O2S/c1-4-7(2)14(3)17(15,16)9-5-8(11)6-13-10(9)12/h5-7H,4H2,1-3H3. The Balaban J connectivity index is 3.26. The topological polar surface area (TPSA) is 50.3 Å². The van der Waals surface area contributed by atoms with Crippen molar-refractivity contribution in [1.29, 1.82) is 0 Å². The Kier molecular flexibility index (Phi) is 4.95. The molecule has 0 fully saturated rings. The molecule has 7 heteroatoms. The zero-order valence-electron chi connectivity index (χ0n) is 9.81. The first-order valence-corrected chi connectivity index (χ1v) is 7.70. The average molecular weight is 342 g/mol. The van der Waals surface area contributed by atoms with Crippen molar-refractivity contribution in [3.63, 3.8) is 0 Å². The van der Waals surface area contributed by atoms with Crippen LogP contribution in [0.5, 0.6) is 0 Å². The molecular weight excluding hydrogens is 328 g/mol. The fourth-order valence-electron chi connectivity index (χ4n) is 1.23. The van der Waals surface area contributed by atoms with E-state index in [4.69, 9.17) is 11.6 Å². The summed E-state index contributed by atoms with van der Waals surface area (Å²) in [5, 5.41) is -0.0108. The highest BCUT2D eigenvalue weighted by Crippen LogP contribution is 2.26. The lowest BCUT2D eigenvalue weighted by Crippen LogP contribution is -2.34. The Labute approximate surface area is 115 Å². The second-order valence-electron chi connectivity index (χ2n) is 3.72. The molecule has 0 spiro atoms. The fraction of sp³-hybridized carbons (Fsp3) is 0.500. The van der Waals surface area contributed by atoms with Crippen molar-refractivity contribution in [3.8, 4) is 0 Å². The van der Waals surface area contributed by atoms with E-state index in [9.17, 15) is 8.42 Å².